The number of hydrogen-bond acceptors (Lipinski definition) is 7. The second-order valence-electron chi connectivity index (χ2n) is 10.1. The summed E-state index contributed by atoms with van der Waals surface area (Å²) < 4.78 is 1.78. The molecule has 4 aromatic rings. The van der Waals surface area contributed by atoms with E-state index in [2.05, 4.69) is 61.9 Å². The molecule has 2 unspecified atom stereocenters. The second kappa shape index (κ2) is 9.51. The number of nitrogens with one attached hydrogen (secondary N) is 3. The Morgan fingerprint density at radius 1 is 1.14 bits per heavy atom. The highest BCUT2D eigenvalue weighted by Gasteiger charge is 2.27. The van der Waals surface area contributed by atoms with Gasteiger partial charge in [-0.3, -0.25) is 9.48 Å². The van der Waals surface area contributed by atoms with Crippen molar-refractivity contribution in [3.63, 3.8) is 0 Å². The number of amides is 1. The van der Waals surface area contributed by atoms with Crippen LogP contribution in [0.25, 0.3) is 11.0 Å². The number of aromatic nitrogens is 5. The quantitative estimate of drug-likeness (QED) is 0.372. The predicted octanol–water partition coefficient (Wildman–Crippen LogP) is 3.64. The number of hydrogen-bond donors (Lipinski definition) is 3. The molecule has 37 heavy (non-hydrogen) atoms. The van der Waals surface area contributed by atoms with Crippen molar-refractivity contribution in [2.45, 2.75) is 38.8 Å². The third-order valence-electron chi connectivity index (χ3n) is 7.69. The van der Waals surface area contributed by atoms with E-state index in [9.17, 15) is 4.79 Å². The van der Waals surface area contributed by atoms with E-state index in [1.807, 2.05) is 31.0 Å². The van der Waals surface area contributed by atoms with Crippen molar-refractivity contribution in [2.24, 2.45) is 0 Å². The molecule has 192 valence electrons. The Balaban J connectivity index is 1.23. The summed E-state index contributed by atoms with van der Waals surface area (Å²) in [4.78, 5) is 30.0. The fraction of sp³-hybridized carbons (Fsp3) is 0.407. The van der Waals surface area contributed by atoms with E-state index in [1.54, 1.807) is 10.9 Å². The summed E-state index contributed by atoms with van der Waals surface area (Å²) in [5, 5.41) is 12.5. The number of aromatic amines is 1. The number of likely N-dealkylation sites (N-methyl/N-ethyl adjacent to an activating group) is 1. The SMILES string of the molecule is Cc1c(Nc2nc(NC3CCc4ccccc43)c3cc[nH]c3n2)cnn1C(C)C(=O)N1CCN(C)CC1. The number of piperazine rings is 1. The Labute approximate surface area is 216 Å². The largest absolute Gasteiger partial charge is 0.363 e. The molecule has 0 saturated carbocycles. The van der Waals surface area contributed by atoms with E-state index in [4.69, 9.17) is 4.98 Å². The van der Waals surface area contributed by atoms with E-state index in [0.717, 1.165) is 67.3 Å². The van der Waals surface area contributed by atoms with Crippen LogP contribution in [0.5, 0.6) is 0 Å². The molecule has 2 aliphatic rings. The smallest absolute Gasteiger partial charge is 0.247 e. The molecule has 4 heterocycles. The molecule has 1 aliphatic carbocycles. The van der Waals surface area contributed by atoms with Crippen molar-refractivity contribution in [1.29, 1.82) is 0 Å². The highest BCUT2D eigenvalue weighted by Crippen LogP contribution is 2.35. The van der Waals surface area contributed by atoms with Crippen molar-refractivity contribution in [2.75, 3.05) is 43.9 Å². The van der Waals surface area contributed by atoms with E-state index in [-0.39, 0.29) is 18.0 Å². The number of carbonyl (C=O) groups is 1. The molecule has 3 N–H and O–H groups in total. The molecule has 0 radical (unpaired) electrons. The van der Waals surface area contributed by atoms with Gasteiger partial charge in [0.15, 0.2) is 0 Å². The molecule has 1 saturated heterocycles. The summed E-state index contributed by atoms with van der Waals surface area (Å²) in [7, 11) is 2.08. The first-order valence-electron chi connectivity index (χ1n) is 13.0. The lowest BCUT2D eigenvalue weighted by molar-refractivity contribution is -0.136. The summed E-state index contributed by atoms with van der Waals surface area (Å²) in [5.74, 6) is 1.36. The van der Waals surface area contributed by atoms with Crippen LogP contribution in [-0.2, 0) is 11.2 Å². The van der Waals surface area contributed by atoms with Crippen molar-refractivity contribution in [1.82, 2.24) is 34.5 Å². The maximum absolute atomic E-state index is 13.1. The van der Waals surface area contributed by atoms with E-state index < -0.39 is 0 Å². The lowest BCUT2D eigenvalue weighted by atomic mass is 10.1. The summed E-state index contributed by atoms with van der Waals surface area (Å²) in [6, 6.07) is 10.4. The molecule has 1 fully saturated rings. The third kappa shape index (κ3) is 4.42. The molecule has 1 amide bonds. The van der Waals surface area contributed by atoms with Gasteiger partial charge in [0.05, 0.1) is 29.0 Å². The minimum Gasteiger partial charge on any atom is -0.363 e. The summed E-state index contributed by atoms with van der Waals surface area (Å²) >= 11 is 0. The fourth-order valence-electron chi connectivity index (χ4n) is 5.43. The van der Waals surface area contributed by atoms with E-state index >= 15 is 0 Å². The van der Waals surface area contributed by atoms with Crippen molar-refractivity contribution < 1.29 is 4.79 Å². The van der Waals surface area contributed by atoms with Gasteiger partial charge in [-0.2, -0.15) is 15.1 Å². The van der Waals surface area contributed by atoms with Gasteiger partial charge in [-0.1, -0.05) is 24.3 Å². The Morgan fingerprint density at radius 2 is 1.95 bits per heavy atom. The van der Waals surface area contributed by atoms with Gasteiger partial charge in [0.25, 0.3) is 0 Å². The molecule has 0 bridgehead atoms. The number of benzene rings is 1. The minimum atomic E-state index is -0.384. The molecule has 10 nitrogen and oxygen atoms in total. The van der Waals surface area contributed by atoms with Crippen LogP contribution in [0, 0.1) is 6.92 Å². The van der Waals surface area contributed by atoms with Gasteiger partial charge < -0.3 is 25.4 Å². The first-order valence-corrected chi connectivity index (χ1v) is 13.0. The summed E-state index contributed by atoms with van der Waals surface area (Å²) in [6.07, 6.45) is 5.71. The fourth-order valence-corrected chi connectivity index (χ4v) is 5.43. The van der Waals surface area contributed by atoms with E-state index in [1.165, 1.54) is 11.1 Å². The molecular formula is C27H33N9O. The number of H-pyrrole nitrogens is 1. The summed E-state index contributed by atoms with van der Waals surface area (Å²) in [5.41, 5.74) is 5.12. The van der Waals surface area contributed by atoms with Crippen molar-refractivity contribution in [3.8, 4) is 0 Å². The van der Waals surface area contributed by atoms with Crippen LogP contribution in [0.2, 0.25) is 0 Å². The van der Waals surface area contributed by atoms with Crippen LogP contribution in [-0.4, -0.2) is 73.7 Å². The Morgan fingerprint density at radius 3 is 2.78 bits per heavy atom. The van der Waals surface area contributed by atoms with E-state index in [0.29, 0.717) is 5.95 Å². The van der Waals surface area contributed by atoms with Crippen LogP contribution in [0.3, 0.4) is 0 Å². The lowest BCUT2D eigenvalue weighted by Gasteiger charge is -2.34. The van der Waals surface area contributed by atoms with Gasteiger partial charge in [0.1, 0.15) is 17.5 Å². The van der Waals surface area contributed by atoms with Crippen LogP contribution in [0.1, 0.15) is 42.2 Å². The number of carbonyl (C=O) groups excluding carboxylic acids is 1. The van der Waals surface area contributed by atoms with Gasteiger partial charge in [-0.05, 0) is 50.9 Å². The predicted molar refractivity (Wildman–Crippen MR) is 144 cm³/mol. The molecular weight excluding hydrogens is 466 g/mol. The Hall–Kier alpha value is -3.92. The second-order valence-corrected chi connectivity index (χ2v) is 10.1. The van der Waals surface area contributed by atoms with Gasteiger partial charge in [-0.25, -0.2) is 0 Å². The highest BCUT2D eigenvalue weighted by atomic mass is 16.2. The summed E-state index contributed by atoms with van der Waals surface area (Å²) in [6.45, 7) is 7.15. The standard InChI is InChI=1S/C27H33N9O/c1-17-23(16-29-36(17)18(2)26(37)35-14-12-34(3)13-15-35)31-27-32-24-21(10-11-28-24)25(33-27)30-22-9-8-19-6-4-5-7-20(19)22/h4-7,10-11,16,18,22H,8-9,12-15H2,1-3H3,(H3,28,30,31,32,33). The Bertz CT molecular complexity index is 1430. The number of nitrogens with zero attached hydrogens (tertiary/aromatic N) is 6. The molecule has 2 atom stereocenters. The Kier molecular flexibility index (Phi) is 6.03. The molecule has 1 aliphatic heterocycles. The first-order chi connectivity index (χ1) is 18.0. The average Bonchev–Trinajstić information content (AvgIpc) is 3.63. The van der Waals surface area contributed by atoms with Crippen LogP contribution in [0.15, 0.2) is 42.7 Å². The molecule has 10 heteroatoms. The lowest BCUT2D eigenvalue weighted by Crippen LogP contribution is -2.49. The average molecular weight is 500 g/mol. The number of anilines is 3. The van der Waals surface area contributed by atoms with Gasteiger partial charge in [0, 0.05) is 32.4 Å². The zero-order chi connectivity index (χ0) is 25.5. The van der Waals surface area contributed by atoms with Crippen LogP contribution < -0.4 is 10.6 Å². The van der Waals surface area contributed by atoms with Gasteiger partial charge in [-0.15, -0.1) is 0 Å². The number of fused-ring (bicyclic) bond motifs is 2. The molecule has 6 rings (SSSR count). The van der Waals surface area contributed by atoms with Gasteiger partial charge in [0.2, 0.25) is 11.9 Å². The maximum atomic E-state index is 13.1. The molecule has 3 aromatic heterocycles. The zero-order valence-electron chi connectivity index (χ0n) is 21.5. The van der Waals surface area contributed by atoms with Crippen molar-refractivity contribution in [3.05, 3.63) is 59.5 Å². The van der Waals surface area contributed by atoms with Gasteiger partial charge >= 0.3 is 0 Å². The third-order valence-corrected chi connectivity index (χ3v) is 7.69. The molecule has 0 spiro atoms. The zero-order valence-corrected chi connectivity index (χ0v) is 21.5. The van der Waals surface area contributed by atoms with Crippen LogP contribution >= 0.6 is 0 Å². The monoisotopic (exact) mass is 499 g/mol. The normalized spacial score (nSPS) is 18.7. The molecule has 1 aromatic carbocycles. The maximum Gasteiger partial charge on any atom is 0.247 e. The van der Waals surface area contributed by atoms with Crippen molar-refractivity contribution >= 4 is 34.4 Å². The minimum absolute atomic E-state index is 0.0956. The number of aryl methyl sites for hydroxylation is 1. The van der Waals surface area contributed by atoms with Crippen LogP contribution in [0.4, 0.5) is 17.5 Å². The number of rotatable bonds is 6. The first kappa shape index (κ1) is 23.5. The topological polar surface area (TPSA) is 107 Å². The highest BCUT2D eigenvalue weighted by molar-refractivity contribution is 5.88.